The monoisotopic (exact) mass is 381 g/mol. The van der Waals surface area contributed by atoms with Crippen LogP contribution in [-0.2, 0) is 11.4 Å². The number of nitrogens with zero attached hydrogens (tertiary/aromatic N) is 1. The van der Waals surface area contributed by atoms with Gasteiger partial charge in [0.25, 0.3) is 5.91 Å². The van der Waals surface area contributed by atoms with Crippen LogP contribution in [0.3, 0.4) is 0 Å². The van der Waals surface area contributed by atoms with Gasteiger partial charge in [0.2, 0.25) is 5.91 Å². The average molecular weight is 381 g/mol. The van der Waals surface area contributed by atoms with Gasteiger partial charge in [0.05, 0.1) is 16.8 Å². The highest BCUT2D eigenvalue weighted by Gasteiger charge is 2.16. The Labute approximate surface area is 162 Å². The molecule has 0 radical (unpaired) electrons. The Morgan fingerprint density at radius 3 is 2.54 bits per heavy atom. The van der Waals surface area contributed by atoms with Crippen molar-refractivity contribution < 1.29 is 18.8 Å². The molecule has 0 aliphatic rings. The minimum Gasteiger partial charge on any atom is -0.488 e. The second-order valence-corrected chi connectivity index (χ2v) is 6.61. The highest BCUT2D eigenvalue weighted by molar-refractivity contribution is 6.01. The van der Waals surface area contributed by atoms with E-state index in [-0.39, 0.29) is 24.8 Å². The Kier molecular flexibility index (Phi) is 5.93. The molecule has 7 nitrogen and oxygen atoms in total. The fourth-order valence-corrected chi connectivity index (χ4v) is 2.93. The lowest BCUT2D eigenvalue weighted by molar-refractivity contribution is -0.118. The van der Waals surface area contributed by atoms with Gasteiger partial charge < -0.3 is 20.3 Å². The predicted molar refractivity (Wildman–Crippen MR) is 105 cm³/mol. The highest BCUT2D eigenvalue weighted by atomic mass is 16.5. The molecule has 7 heteroatoms. The first kappa shape index (κ1) is 19.4. The van der Waals surface area contributed by atoms with Crippen molar-refractivity contribution >= 4 is 22.6 Å². The second-order valence-electron chi connectivity index (χ2n) is 6.61. The lowest BCUT2D eigenvalue weighted by Crippen LogP contribution is -2.26. The summed E-state index contributed by atoms with van der Waals surface area (Å²) in [5, 5.41) is 8.66. The number of nitrogens with two attached hydrogens (primary N) is 1. The standard InChI is InChI=1S/C21H23N3O4/c1-13-18(14(2)28-24-13)12-27-19-11-16-7-4-3-6-15(16)10-17(19)21(26)23-9-5-8-20(22)25/h3-4,6-7,10-11H,5,8-9,12H2,1-2H3,(H2,22,25)(H,23,26). The summed E-state index contributed by atoms with van der Waals surface area (Å²) in [5.41, 5.74) is 7.19. The van der Waals surface area contributed by atoms with E-state index in [9.17, 15) is 9.59 Å². The number of ether oxygens (including phenoxy) is 1. The number of aromatic nitrogens is 1. The Morgan fingerprint density at radius 1 is 1.18 bits per heavy atom. The molecule has 0 aliphatic heterocycles. The first-order valence-corrected chi connectivity index (χ1v) is 9.09. The van der Waals surface area contributed by atoms with Crippen LogP contribution in [0.5, 0.6) is 5.75 Å². The smallest absolute Gasteiger partial charge is 0.255 e. The lowest BCUT2D eigenvalue weighted by Gasteiger charge is -2.13. The molecule has 0 saturated heterocycles. The number of hydrogen-bond acceptors (Lipinski definition) is 5. The molecule has 0 fully saturated rings. The number of primary amides is 1. The molecule has 3 N–H and O–H groups in total. The first-order valence-electron chi connectivity index (χ1n) is 9.09. The van der Waals surface area contributed by atoms with Crippen LogP contribution in [0.25, 0.3) is 10.8 Å². The number of amides is 2. The van der Waals surface area contributed by atoms with Crippen LogP contribution in [0.1, 0.15) is 40.2 Å². The zero-order valence-corrected chi connectivity index (χ0v) is 16.0. The molecule has 28 heavy (non-hydrogen) atoms. The maximum Gasteiger partial charge on any atom is 0.255 e. The van der Waals surface area contributed by atoms with Crippen molar-refractivity contribution in [3.8, 4) is 5.75 Å². The summed E-state index contributed by atoms with van der Waals surface area (Å²) in [5.74, 6) is 0.522. The predicted octanol–water partition coefficient (Wildman–Crippen LogP) is 3.02. The number of nitrogens with one attached hydrogen (secondary N) is 1. The third kappa shape index (κ3) is 4.49. The Hall–Kier alpha value is -3.35. The van der Waals surface area contributed by atoms with Gasteiger partial charge in [-0.3, -0.25) is 9.59 Å². The van der Waals surface area contributed by atoms with Crippen molar-refractivity contribution in [1.82, 2.24) is 10.5 Å². The van der Waals surface area contributed by atoms with Crippen LogP contribution < -0.4 is 15.8 Å². The quantitative estimate of drug-likeness (QED) is 0.583. The SMILES string of the molecule is Cc1noc(C)c1COc1cc2ccccc2cc1C(=O)NCCCC(N)=O. The zero-order chi connectivity index (χ0) is 20.1. The van der Waals surface area contributed by atoms with Crippen LogP contribution in [0.2, 0.25) is 0 Å². The van der Waals surface area contributed by atoms with Gasteiger partial charge in [-0.2, -0.15) is 0 Å². The number of benzene rings is 2. The van der Waals surface area contributed by atoms with Gasteiger partial charge in [0, 0.05) is 13.0 Å². The summed E-state index contributed by atoms with van der Waals surface area (Å²) < 4.78 is 11.2. The topological polar surface area (TPSA) is 107 Å². The molecule has 3 rings (SSSR count). The first-order chi connectivity index (χ1) is 13.5. The molecule has 0 atom stereocenters. The highest BCUT2D eigenvalue weighted by Crippen LogP contribution is 2.27. The Morgan fingerprint density at radius 2 is 1.89 bits per heavy atom. The molecular formula is C21H23N3O4. The van der Waals surface area contributed by atoms with E-state index >= 15 is 0 Å². The van der Waals surface area contributed by atoms with E-state index in [2.05, 4.69) is 10.5 Å². The van der Waals surface area contributed by atoms with Crippen molar-refractivity contribution in [2.75, 3.05) is 6.54 Å². The molecule has 0 saturated carbocycles. The fraction of sp³-hybridized carbons (Fsp3) is 0.286. The van der Waals surface area contributed by atoms with Gasteiger partial charge >= 0.3 is 0 Å². The van der Waals surface area contributed by atoms with Crippen molar-refractivity contribution in [3.05, 3.63) is 59.0 Å². The number of rotatable bonds is 8. The molecule has 2 amide bonds. The minimum atomic E-state index is -0.386. The van der Waals surface area contributed by atoms with Crippen LogP contribution in [0, 0.1) is 13.8 Å². The summed E-state index contributed by atoms with van der Waals surface area (Å²) in [6, 6.07) is 11.4. The number of fused-ring (bicyclic) bond motifs is 1. The second kappa shape index (κ2) is 8.56. The number of aryl methyl sites for hydroxylation is 2. The van der Waals surface area contributed by atoms with E-state index in [4.69, 9.17) is 15.0 Å². The van der Waals surface area contributed by atoms with E-state index < -0.39 is 0 Å². The van der Waals surface area contributed by atoms with Gasteiger partial charge in [-0.1, -0.05) is 29.4 Å². The molecule has 2 aromatic carbocycles. The van der Waals surface area contributed by atoms with Crippen LogP contribution in [-0.4, -0.2) is 23.5 Å². The molecule has 0 spiro atoms. The van der Waals surface area contributed by atoms with E-state index in [0.717, 1.165) is 22.0 Å². The average Bonchev–Trinajstić information content (AvgIpc) is 3.00. The van der Waals surface area contributed by atoms with Gasteiger partial charge in [0.15, 0.2) is 0 Å². The van der Waals surface area contributed by atoms with Crippen LogP contribution in [0.15, 0.2) is 40.9 Å². The number of carbonyl (C=O) groups excluding carboxylic acids is 2. The summed E-state index contributed by atoms with van der Waals surface area (Å²) in [7, 11) is 0. The fourth-order valence-electron chi connectivity index (χ4n) is 2.93. The zero-order valence-electron chi connectivity index (χ0n) is 16.0. The minimum absolute atomic E-state index is 0.230. The van der Waals surface area contributed by atoms with Crippen molar-refractivity contribution in [1.29, 1.82) is 0 Å². The van der Waals surface area contributed by atoms with Crippen molar-refractivity contribution in [2.45, 2.75) is 33.3 Å². The molecule has 3 aromatic rings. The van der Waals surface area contributed by atoms with Crippen LogP contribution in [0.4, 0.5) is 0 Å². The maximum absolute atomic E-state index is 12.7. The molecule has 146 valence electrons. The van der Waals surface area contributed by atoms with E-state index in [0.29, 0.717) is 30.0 Å². The van der Waals surface area contributed by atoms with Gasteiger partial charge in [-0.15, -0.1) is 0 Å². The summed E-state index contributed by atoms with van der Waals surface area (Å²) >= 11 is 0. The van der Waals surface area contributed by atoms with Gasteiger partial charge in [0.1, 0.15) is 18.1 Å². The Bertz CT molecular complexity index is 991. The number of carbonyl (C=O) groups is 2. The Balaban J connectivity index is 1.83. The van der Waals surface area contributed by atoms with Crippen molar-refractivity contribution in [2.24, 2.45) is 5.73 Å². The molecular weight excluding hydrogens is 358 g/mol. The van der Waals surface area contributed by atoms with Gasteiger partial charge in [-0.25, -0.2) is 0 Å². The molecule has 0 aliphatic carbocycles. The van der Waals surface area contributed by atoms with Gasteiger partial charge in [-0.05, 0) is 43.2 Å². The molecule has 1 aromatic heterocycles. The third-order valence-corrected chi connectivity index (χ3v) is 4.53. The lowest BCUT2D eigenvalue weighted by atomic mass is 10.1. The van der Waals surface area contributed by atoms with E-state index in [1.54, 1.807) is 6.07 Å². The third-order valence-electron chi connectivity index (χ3n) is 4.53. The molecule has 1 heterocycles. The molecule has 0 bridgehead atoms. The summed E-state index contributed by atoms with van der Waals surface area (Å²) in [6.45, 7) is 4.28. The van der Waals surface area contributed by atoms with Crippen molar-refractivity contribution in [3.63, 3.8) is 0 Å². The normalized spacial score (nSPS) is 10.8. The van der Waals surface area contributed by atoms with Crippen LogP contribution >= 0.6 is 0 Å². The summed E-state index contributed by atoms with van der Waals surface area (Å²) in [4.78, 5) is 23.6. The van der Waals surface area contributed by atoms with E-state index in [1.807, 2.05) is 44.2 Å². The van der Waals surface area contributed by atoms with E-state index in [1.165, 1.54) is 0 Å². The maximum atomic E-state index is 12.7. The molecule has 0 unspecified atom stereocenters. The largest absolute Gasteiger partial charge is 0.488 e. The summed E-state index contributed by atoms with van der Waals surface area (Å²) in [6.07, 6.45) is 0.720. The number of hydrogen-bond donors (Lipinski definition) is 2.